The fourth-order valence-electron chi connectivity index (χ4n) is 3.07. The van der Waals surface area contributed by atoms with Crippen LogP contribution in [-0.4, -0.2) is 33.5 Å². The number of rotatable bonds is 5. The van der Waals surface area contributed by atoms with E-state index < -0.39 is 0 Å². The van der Waals surface area contributed by atoms with Crippen molar-refractivity contribution in [3.63, 3.8) is 0 Å². The maximum atomic E-state index is 5.61. The van der Waals surface area contributed by atoms with Crippen LogP contribution in [-0.2, 0) is 20.6 Å². The summed E-state index contributed by atoms with van der Waals surface area (Å²) < 4.78 is 22.1. The summed E-state index contributed by atoms with van der Waals surface area (Å²) in [5.41, 5.74) is 2.34. The fraction of sp³-hybridized carbons (Fsp3) is 0.647. The summed E-state index contributed by atoms with van der Waals surface area (Å²) in [4.78, 5) is 0. The third kappa shape index (κ3) is 3.76. The highest BCUT2D eigenvalue weighted by molar-refractivity contribution is 5.38. The van der Waals surface area contributed by atoms with E-state index in [9.17, 15) is 0 Å². The van der Waals surface area contributed by atoms with Gasteiger partial charge < -0.3 is 18.9 Å². The topological polar surface area (TPSA) is 36.9 Å². The van der Waals surface area contributed by atoms with E-state index in [4.69, 9.17) is 18.9 Å². The van der Waals surface area contributed by atoms with E-state index in [0.717, 1.165) is 36.9 Å². The average Bonchev–Trinajstić information content (AvgIpc) is 3.08. The second-order valence-electron chi connectivity index (χ2n) is 5.74. The van der Waals surface area contributed by atoms with Crippen LogP contribution in [0.2, 0.25) is 0 Å². The van der Waals surface area contributed by atoms with Crippen LogP contribution in [0.1, 0.15) is 36.7 Å². The molecular formula is C17H24O4. The summed E-state index contributed by atoms with van der Waals surface area (Å²) in [7, 11) is 1.69. The first-order valence-electron chi connectivity index (χ1n) is 7.84. The van der Waals surface area contributed by atoms with E-state index in [2.05, 4.69) is 12.1 Å². The predicted octanol–water partition coefficient (Wildman–Crippen LogP) is 3.10. The molecule has 0 atom stereocenters. The van der Waals surface area contributed by atoms with Crippen LogP contribution < -0.4 is 4.74 Å². The Morgan fingerprint density at radius 2 is 1.86 bits per heavy atom. The standard InChI is InChI=1S/C17H24O4/c1-18-16-5-4-14(3-2-13-6-8-19-9-7-13)12-15(16)17-20-10-11-21-17/h4-5,12-13,17H,2-3,6-11H2,1H3. The molecule has 21 heavy (non-hydrogen) atoms. The highest BCUT2D eigenvalue weighted by atomic mass is 16.7. The van der Waals surface area contributed by atoms with Gasteiger partial charge in [0.2, 0.25) is 0 Å². The highest BCUT2D eigenvalue weighted by Crippen LogP contribution is 2.32. The van der Waals surface area contributed by atoms with Gasteiger partial charge in [0, 0.05) is 18.8 Å². The summed E-state index contributed by atoms with van der Waals surface area (Å²) in [5, 5.41) is 0. The Kier molecular flexibility index (Phi) is 5.12. The van der Waals surface area contributed by atoms with Crippen molar-refractivity contribution in [2.45, 2.75) is 32.0 Å². The third-order valence-corrected chi connectivity index (χ3v) is 4.35. The molecule has 1 aromatic rings. The van der Waals surface area contributed by atoms with E-state index in [0.29, 0.717) is 13.2 Å². The van der Waals surface area contributed by atoms with Gasteiger partial charge in [0.25, 0.3) is 0 Å². The lowest BCUT2D eigenvalue weighted by Gasteiger charge is -2.22. The molecule has 3 rings (SSSR count). The van der Waals surface area contributed by atoms with Gasteiger partial charge in [-0.2, -0.15) is 0 Å². The lowest BCUT2D eigenvalue weighted by atomic mass is 9.92. The van der Waals surface area contributed by atoms with Crippen LogP contribution in [0.25, 0.3) is 0 Å². The van der Waals surface area contributed by atoms with Crippen LogP contribution in [0.5, 0.6) is 5.75 Å². The molecule has 116 valence electrons. The van der Waals surface area contributed by atoms with E-state index in [1.54, 1.807) is 7.11 Å². The molecular weight excluding hydrogens is 268 g/mol. The van der Waals surface area contributed by atoms with Crippen LogP contribution >= 0.6 is 0 Å². The van der Waals surface area contributed by atoms with Crippen molar-refractivity contribution in [1.82, 2.24) is 0 Å². The number of methoxy groups -OCH3 is 1. The van der Waals surface area contributed by atoms with Gasteiger partial charge in [0.05, 0.1) is 20.3 Å². The van der Waals surface area contributed by atoms with Crippen LogP contribution in [0.3, 0.4) is 0 Å². The van der Waals surface area contributed by atoms with Crippen LogP contribution in [0, 0.1) is 5.92 Å². The third-order valence-electron chi connectivity index (χ3n) is 4.35. The lowest BCUT2D eigenvalue weighted by molar-refractivity contribution is -0.0455. The summed E-state index contributed by atoms with van der Waals surface area (Å²) in [6.07, 6.45) is 4.42. The first-order chi connectivity index (χ1) is 10.4. The maximum Gasteiger partial charge on any atom is 0.187 e. The van der Waals surface area contributed by atoms with Gasteiger partial charge in [-0.3, -0.25) is 0 Å². The lowest BCUT2D eigenvalue weighted by Crippen LogP contribution is -2.16. The Hall–Kier alpha value is -1.10. The van der Waals surface area contributed by atoms with Gasteiger partial charge in [-0.05, 0) is 49.3 Å². The molecule has 0 radical (unpaired) electrons. The van der Waals surface area contributed by atoms with Gasteiger partial charge in [0.15, 0.2) is 6.29 Å². The zero-order valence-electron chi connectivity index (χ0n) is 12.7. The van der Waals surface area contributed by atoms with Crippen molar-refractivity contribution in [2.75, 3.05) is 33.5 Å². The van der Waals surface area contributed by atoms with Gasteiger partial charge in [-0.25, -0.2) is 0 Å². The molecule has 2 aliphatic heterocycles. The maximum absolute atomic E-state index is 5.61. The Morgan fingerprint density at radius 1 is 1.10 bits per heavy atom. The quantitative estimate of drug-likeness (QED) is 0.835. The number of benzene rings is 1. The summed E-state index contributed by atoms with van der Waals surface area (Å²) in [6.45, 7) is 3.14. The molecule has 0 aromatic heterocycles. The SMILES string of the molecule is COc1ccc(CCC2CCOCC2)cc1C1OCCO1. The average molecular weight is 292 g/mol. The van der Waals surface area contributed by atoms with E-state index in [-0.39, 0.29) is 6.29 Å². The highest BCUT2D eigenvalue weighted by Gasteiger charge is 2.22. The number of aryl methyl sites for hydroxylation is 1. The second-order valence-corrected chi connectivity index (χ2v) is 5.74. The fourth-order valence-corrected chi connectivity index (χ4v) is 3.07. The molecule has 0 N–H and O–H groups in total. The van der Waals surface area contributed by atoms with Gasteiger partial charge in [0.1, 0.15) is 5.75 Å². The van der Waals surface area contributed by atoms with Crippen molar-refractivity contribution >= 4 is 0 Å². The normalized spacial score (nSPS) is 20.8. The Bertz CT molecular complexity index is 448. The largest absolute Gasteiger partial charge is 0.496 e. The van der Waals surface area contributed by atoms with E-state index in [1.807, 2.05) is 6.07 Å². The van der Waals surface area contributed by atoms with Crippen molar-refractivity contribution < 1.29 is 18.9 Å². The minimum Gasteiger partial charge on any atom is -0.496 e. The molecule has 2 heterocycles. The molecule has 0 unspecified atom stereocenters. The molecule has 2 aliphatic rings. The molecule has 4 nitrogen and oxygen atoms in total. The van der Waals surface area contributed by atoms with Crippen molar-refractivity contribution in [3.05, 3.63) is 29.3 Å². The zero-order valence-corrected chi connectivity index (χ0v) is 12.7. The molecule has 0 aliphatic carbocycles. The van der Waals surface area contributed by atoms with Crippen LogP contribution in [0.15, 0.2) is 18.2 Å². The van der Waals surface area contributed by atoms with Gasteiger partial charge >= 0.3 is 0 Å². The monoisotopic (exact) mass is 292 g/mol. The number of hydrogen-bond donors (Lipinski definition) is 0. The summed E-state index contributed by atoms with van der Waals surface area (Å²) in [6, 6.07) is 6.35. The first-order valence-corrected chi connectivity index (χ1v) is 7.84. The van der Waals surface area contributed by atoms with Gasteiger partial charge in [-0.1, -0.05) is 6.07 Å². The molecule has 0 saturated carbocycles. The molecule has 0 spiro atoms. The van der Waals surface area contributed by atoms with E-state index >= 15 is 0 Å². The Morgan fingerprint density at radius 3 is 2.57 bits per heavy atom. The molecule has 2 fully saturated rings. The zero-order chi connectivity index (χ0) is 14.5. The van der Waals surface area contributed by atoms with Crippen LogP contribution in [0.4, 0.5) is 0 Å². The second kappa shape index (κ2) is 7.25. The molecule has 1 aromatic carbocycles. The van der Waals surface area contributed by atoms with Crippen molar-refractivity contribution in [1.29, 1.82) is 0 Å². The predicted molar refractivity (Wildman–Crippen MR) is 79.5 cm³/mol. The Labute approximate surface area is 126 Å². The molecule has 0 amide bonds. The molecule has 0 bridgehead atoms. The minimum atomic E-state index is -0.275. The number of hydrogen-bond acceptors (Lipinski definition) is 4. The smallest absolute Gasteiger partial charge is 0.187 e. The van der Waals surface area contributed by atoms with Crippen molar-refractivity contribution in [3.8, 4) is 5.75 Å². The Balaban J connectivity index is 1.65. The first kappa shape index (κ1) is 14.8. The number of ether oxygens (including phenoxy) is 4. The van der Waals surface area contributed by atoms with E-state index in [1.165, 1.54) is 24.8 Å². The summed E-state index contributed by atoms with van der Waals surface area (Å²) in [5.74, 6) is 1.64. The summed E-state index contributed by atoms with van der Waals surface area (Å²) >= 11 is 0. The van der Waals surface area contributed by atoms with Gasteiger partial charge in [-0.15, -0.1) is 0 Å². The van der Waals surface area contributed by atoms with Crippen molar-refractivity contribution in [2.24, 2.45) is 5.92 Å². The molecule has 4 heteroatoms. The molecule has 2 saturated heterocycles. The minimum absolute atomic E-state index is 0.275.